The molecule has 1 amide bonds. The second-order valence-electron chi connectivity index (χ2n) is 3.52. The number of halogens is 3. The first-order valence-electron chi connectivity index (χ1n) is 5.00. The number of aryl methyl sites for hydroxylation is 1. The lowest BCUT2D eigenvalue weighted by Crippen LogP contribution is -2.17. The van der Waals surface area contributed by atoms with E-state index < -0.39 is 12.3 Å². The minimum atomic E-state index is -4.69. The van der Waals surface area contributed by atoms with E-state index in [0.29, 0.717) is 18.4 Å². The minimum Gasteiger partial charge on any atom is -0.406 e. The zero-order chi connectivity index (χ0) is 12.9. The third-order valence-electron chi connectivity index (χ3n) is 2.02. The molecule has 0 spiro atoms. The van der Waals surface area contributed by atoms with Crippen molar-refractivity contribution in [3.05, 3.63) is 29.8 Å². The van der Waals surface area contributed by atoms with Gasteiger partial charge in [0, 0.05) is 6.42 Å². The number of benzene rings is 1. The lowest BCUT2D eigenvalue weighted by molar-refractivity contribution is -0.274. The van der Waals surface area contributed by atoms with E-state index in [1.165, 1.54) is 18.2 Å². The first-order valence-corrected chi connectivity index (χ1v) is 5.00. The van der Waals surface area contributed by atoms with Gasteiger partial charge in [0.05, 0.1) is 0 Å². The molecule has 17 heavy (non-hydrogen) atoms. The smallest absolute Gasteiger partial charge is 0.406 e. The van der Waals surface area contributed by atoms with E-state index in [4.69, 9.17) is 5.73 Å². The van der Waals surface area contributed by atoms with Crippen LogP contribution < -0.4 is 10.5 Å². The van der Waals surface area contributed by atoms with Gasteiger partial charge in [0.2, 0.25) is 5.91 Å². The zero-order valence-electron chi connectivity index (χ0n) is 8.96. The number of nitrogens with two attached hydrogens (primary N) is 1. The fourth-order valence-electron chi connectivity index (χ4n) is 1.36. The molecule has 0 bridgehead atoms. The van der Waals surface area contributed by atoms with Crippen molar-refractivity contribution in [2.45, 2.75) is 25.6 Å². The van der Waals surface area contributed by atoms with Crippen molar-refractivity contribution in [2.75, 3.05) is 0 Å². The lowest BCUT2D eigenvalue weighted by atomic mass is 10.1. The summed E-state index contributed by atoms with van der Waals surface area (Å²) in [5, 5.41) is 0. The largest absolute Gasteiger partial charge is 0.573 e. The summed E-state index contributed by atoms with van der Waals surface area (Å²) in [5.41, 5.74) is 5.63. The van der Waals surface area contributed by atoms with Gasteiger partial charge in [-0.1, -0.05) is 12.1 Å². The van der Waals surface area contributed by atoms with Gasteiger partial charge in [0.15, 0.2) is 0 Å². The number of ether oxygens (including phenoxy) is 1. The van der Waals surface area contributed by atoms with Crippen LogP contribution in [0.3, 0.4) is 0 Å². The van der Waals surface area contributed by atoms with Crippen molar-refractivity contribution in [3.8, 4) is 5.75 Å². The molecule has 0 fully saturated rings. The average molecular weight is 247 g/mol. The molecule has 0 saturated carbocycles. The van der Waals surface area contributed by atoms with Crippen molar-refractivity contribution < 1.29 is 22.7 Å². The third-order valence-corrected chi connectivity index (χ3v) is 2.02. The summed E-state index contributed by atoms with van der Waals surface area (Å²) in [7, 11) is 0. The summed E-state index contributed by atoms with van der Waals surface area (Å²) in [6.07, 6.45) is -3.49. The van der Waals surface area contributed by atoms with Gasteiger partial charge in [0.1, 0.15) is 5.75 Å². The molecule has 0 aliphatic rings. The molecule has 0 unspecified atom stereocenters. The minimum absolute atomic E-state index is 0.213. The predicted octanol–water partition coefficient (Wildman–Crippen LogP) is 2.39. The molecule has 0 aromatic heterocycles. The topological polar surface area (TPSA) is 52.3 Å². The van der Waals surface area contributed by atoms with Crippen molar-refractivity contribution in [1.29, 1.82) is 0 Å². The van der Waals surface area contributed by atoms with Gasteiger partial charge in [0.25, 0.3) is 0 Å². The molecule has 1 aromatic rings. The molecule has 0 radical (unpaired) electrons. The molecule has 2 N–H and O–H groups in total. The Morgan fingerprint density at radius 2 is 2.06 bits per heavy atom. The van der Waals surface area contributed by atoms with Crippen LogP contribution in [-0.2, 0) is 11.2 Å². The Labute approximate surface area is 96.4 Å². The van der Waals surface area contributed by atoms with E-state index in [-0.39, 0.29) is 12.2 Å². The van der Waals surface area contributed by atoms with Crippen LogP contribution in [0.2, 0.25) is 0 Å². The maximum atomic E-state index is 11.9. The third kappa shape index (κ3) is 5.79. The van der Waals surface area contributed by atoms with E-state index in [2.05, 4.69) is 4.74 Å². The molecular formula is C11H12F3NO2. The monoisotopic (exact) mass is 247 g/mol. The van der Waals surface area contributed by atoms with E-state index in [0.717, 1.165) is 0 Å². The molecular weight excluding hydrogens is 235 g/mol. The highest BCUT2D eigenvalue weighted by Crippen LogP contribution is 2.23. The van der Waals surface area contributed by atoms with Crippen molar-refractivity contribution in [1.82, 2.24) is 0 Å². The number of hydrogen-bond acceptors (Lipinski definition) is 2. The van der Waals surface area contributed by atoms with Crippen LogP contribution in [0, 0.1) is 0 Å². The summed E-state index contributed by atoms with van der Waals surface area (Å²) in [4.78, 5) is 10.5. The number of amides is 1. The molecule has 6 heteroatoms. The number of rotatable bonds is 5. The normalized spacial score (nSPS) is 11.2. The Hall–Kier alpha value is -1.72. The summed E-state index contributed by atoms with van der Waals surface area (Å²) in [6, 6.07) is 5.67. The fourth-order valence-corrected chi connectivity index (χ4v) is 1.36. The molecule has 0 saturated heterocycles. The van der Waals surface area contributed by atoms with Gasteiger partial charge >= 0.3 is 6.36 Å². The number of carbonyl (C=O) groups is 1. The van der Waals surface area contributed by atoms with Crippen LogP contribution in [0.1, 0.15) is 18.4 Å². The van der Waals surface area contributed by atoms with Crippen molar-refractivity contribution >= 4 is 5.91 Å². The molecule has 0 aliphatic carbocycles. The first-order chi connectivity index (χ1) is 7.87. The van der Waals surface area contributed by atoms with Crippen LogP contribution in [-0.4, -0.2) is 12.3 Å². The van der Waals surface area contributed by atoms with Crippen LogP contribution in [0.25, 0.3) is 0 Å². The maximum absolute atomic E-state index is 11.9. The predicted molar refractivity (Wildman–Crippen MR) is 55.3 cm³/mol. The number of hydrogen-bond donors (Lipinski definition) is 1. The number of carbonyl (C=O) groups excluding carboxylic acids is 1. The SMILES string of the molecule is NC(=O)CCCc1cccc(OC(F)(F)F)c1. The highest BCUT2D eigenvalue weighted by Gasteiger charge is 2.31. The Bertz CT molecular complexity index is 391. The first kappa shape index (κ1) is 13.3. The molecule has 0 aliphatic heterocycles. The lowest BCUT2D eigenvalue weighted by Gasteiger charge is -2.09. The molecule has 0 heterocycles. The van der Waals surface area contributed by atoms with E-state index in [1.807, 2.05) is 0 Å². The van der Waals surface area contributed by atoms with Crippen molar-refractivity contribution in [2.24, 2.45) is 5.73 Å². The van der Waals surface area contributed by atoms with Gasteiger partial charge in [-0.25, -0.2) is 0 Å². The van der Waals surface area contributed by atoms with Gasteiger partial charge in [-0.15, -0.1) is 13.2 Å². The van der Waals surface area contributed by atoms with E-state index in [9.17, 15) is 18.0 Å². The Kier molecular flexibility index (Phi) is 4.37. The Balaban J connectivity index is 2.57. The second-order valence-corrected chi connectivity index (χ2v) is 3.52. The van der Waals surface area contributed by atoms with Crippen molar-refractivity contribution in [3.63, 3.8) is 0 Å². The summed E-state index contributed by atoms with van der Waals surface area (Å²) in [5.74, 6) is -0.679. The highest BCUT2D eigenvalue weighted by atomic mass is 19.4. The van der Waals surface area contributed by atoms with Crippen LogP contribution in [0.15, 0.2) is 24.3 Å². The fraction of sp³-hybridized carbons (Fsp3) is 0.364. The molecule has 0 atom stereocenters. The quantitative estimate of drug-likeness (QED) is 0.868. The van der Waals surface area contributed by atoms with Gasteiger partial charge in [-0.3, -0.25) is 4.79 Å². The molecule has 1 rings (SSSR count). The van der Waals surface area contributed by atoms with E-state index in [1.54, 1.807) is 6.07 Å². The highest BCUT2D eigenvalue weighted by molar-refractivity contribution is 5.73. The van der Waals surface area contributed by atoms with Crippen LogP contribution in [0.4, 0.5) is 13.2 Å². The Morgan fingerprint density at radius 3 is 2.65 bits per heavy atom. The number of primary amides is 1. The van der Waals surface area contributed by atoms with Crippen LogP contribution in [0.5, 0.6) is 5.75 Å². The zero-order valence-corrected chi connectivity index (χ0v) is 8.96. The van der Waals surface area contributed by atoms with Gasteiger partial charge < -0.3 is 10.5 Å². The summed E-state index contributed by atoms with van der Waals surface area (Å²) < 4.78 is 39.6. The van der Waals surface area contributed by atoms with Gasteiger partial charge in [-0.05, 0) is 30.5 Å². The van der Waals surface area contributed by atoms with E-state index >= 15 is 0 Å². The molecule has 3 nitrogen and oxygen atoms in total. The Morgan fingerprint density at radius 1 is 1.35 bits per heavy atom. The number of alkyl halides is 3. The second kappa shape index (κ2) is 5.56. The summed E-state index contributed by atoms with van der Waals surface area (Å²) >= 11 is 0. The molecule has 94 valence electrons. The summed E-state index contributed by atoms with van der Waals surface area (Å²) in [6.45, 7) is 0. The molecule has 1 aromatic carbocycles. The van der Waals surface area contributed by atoms with Crippen LogP contribution >= 0.6 is 0 Å². The van der Waals surface area contributed by atoms with Gasteiger partial charge in [-0.2, -0.15) is 0 Å². The standard InChI is InChI=1S/C11H12F3NO2/c12-11(13,14)17-9-5-1-3-8(7-9)4-2-6-10(15)16/h1,3,5,7H,2,4,6H2,(H2,15,16). The maximum Gasteiger partial charge on any atom is 0.573 e. The average Bonchev–Trinajstić information content (AvgIpc) is 2.14.